The molecule has 0 saturated carbocycles. The zero-order chi connectivity index (χ0) is 21.0. The number of nitrogens with one attached hydrogen (secondary N) is 2. The van der Waals surface area contributed by atoms with E-state index in [1.54, 1.807) is 20.8 Å². The van der Waals surface area contributed by atoms with Crippen LogP contribution in [0.25, 0.3) is 0 Å². The SMILES string of the molecule is CC(C)(C)OC(=O)NCCCC[C@H](NC(=O)OCCc1ccccc1)C(=O)O. The van der Waals surface area contributed by atoms with Crippen LogP contribution in [0.5, 0.6) is 0 Å². The smallest absolute Gasteiger partial charge is 0.407 e. The lowest BCUT2D eigenvalue weighted by atomic mass is 10.1. The number of carbonyl (C=O) groups excluding carboxylic acids is 2. The van der Waals surface area contributed by atoms with Gasteiger partial charge in [0, 0.05) is 13.0 Å². The van der Waals surface area contributed by atoms with E-state index < -0.39 is 29.8 Å². The number of hydrogen-bond donors (Lipinski definition) is 3. The van der Waals surface area contributed by atoms with Gasteiger partial charge in [0.05, 0.1) is 6.61 Å². The van der Waals surface area contributed by atoms with Gasteiger partial charge in [-0.3, -0.25) is 0 Å². The number of unbranched alkanes of at least 4 members (excludes halogenated alkanes) is 1. The summed E-state index contributed by atoms with van der Waals surface area (Å²) in [6.45, 7) is 5.85. The summed E-state index contributed by atoms with van der Waals surface area (Å²) in [5.74, 6) is -1.12. The van der Waals surface area contributed by atoms with Gasteiger partial charge in [-0.1, -0.05) is 30.3 Å². The van der Waals surface area contributed by atoms with Crippen LogP contribution in [0.2, 0.25) is 0 Å². The van der Waals surface area contributed by atoms with Crippen molar-refractivity contribution in [2.24, 2.45) is 0 Å². The van der Waals surface area contributed by atoms with E-state index in [0.29, 0.717) is 25.8 Å². The van der Waals surface area contributed by atoms with Crippen molar-refractivity contribution in [1.82, 2.24) is 10.6 Å². The van der Waals surface area contributed by atoms with Gasteiger partial charge >= 0.3 is 18.2 Å². The molecule has 0 unspecified atom stereocenters. The van der Waals surface area contributed by atoms with E-state index in [1.165, 1.54) is 0 Å². The molecule has 0 aliphatic carbocycles. The molecule has 8 nitrogen and oxygen atoms in total. The monoisotopic (exact) mass is 394 g/mol. The lowest BCUT2D eigenvalue weighted by molar-refractivity contribution is -0.139. The van der Waals surface area contributed by atoms with Gasteiger partial charge in [0.2, 0.25) is 0 Å². The fourth-order valence-electron chi connectivity index (χ4n) is 2.33. The van der Waals surface area contributed by atoms with Crippen molar-refractivity contribution >= 4 is 18.2 Å². The van der Waals surface area contributed by atoms with E-state index in [1.807, 2.05) is 30.3 Å². The van der Waals surface area contributed by atoms with Gasteiger partial charge in [-0.15, -0.1) is 0 Å². The fraction of sp³-hybridized carbons (Fsp3) is 0.550. The molecule has 0 aromatic heterocycles. The molecular formula is C20H30N2O6. The molecule has 1 aromatic rings. The topological polar surface area (TPSA) is 114 Å². The molecule has 0 bridgehead atoms. The molecule has 0 spiro atoms. The Morgan fingerprint density at radius 1 is 1.07 bits per heavy atom. The Labute approximate surface area is 165 Å². The minimum Gasteiger partial charge on any atom is -0.480 e. The van der Waals surface area contributed by atoms with Crippen LogP contribution >= 0.6 is 0 Å². The molecule has 0 heterocycles. The molecule has 0 aliphatic heterocycles. The number of amides is 2. The maximum Gasteiger partial charge on any atom is 0.407 e. The van der Waals surface area contributed by atoms with Crippen LogP contribution in [-0.2, 0) is 20.7 Å². The minimum atomic E-state index is -1.12. The zero-order valence-corrected chi connectivity index (χ0v) is 16.7. The third kappa shape index (κ3) is 11.1. The van der Waals surface area contributed by atoms with Crippen LogP contribution < -0.4 is 10.6 Å². The molecule has 2 amide bonds. The fourth-order valence-corrected chi connectivity index (χ4v) is 2.33. The van der Waals surface area contributed by atoms with Crippen LogP contribution in [0.3, 0.4) is 0 Å². The quantitative estimate of drug-likeness (QED) is 0.526. The summed E-state index contributed by atoms with van der Waals surface area (Å²) >= 11 is 0. The third-order valence-electron chi connectivity index (χ3n) is 3.64. The highest BCUT2D eigenvalue weighted by Crippen LogP contribution is 2.07. The predicted molar refractivity (Wildman–Crippen MR) is 104 cm³/mol. The zero-order valence-electron chi connectivity index (χ0n) is 16.7. The number of carboxylic acid groups (broad SMARTS) is 1. The number of carboxylic acids is 1. The number of benzene rings is 1. The highest BCUT2D eigenvalue weighted by Gasteiger charge is 2.20. The maximum atomic E-state index is 11.8. The Bertz CT molecular complexity index is 627. The first-order chi connectivity index (χ1) is 13.2. The average molecular weight is 394 g/mol. The second kappa shape index (κ2) is 11.8. The van der Waals surface area contributed by atoms with Gasteiger partial charge in [-0.2, -0.15) is 0 Å². The van der Waals surface area contributed by atoms with Gasteiger partial charge in [0.1, 0.15) is 11.6 Å². The van der Waals surface area contributed by atoms with Crippen LogP contribution in [-0.4, -0.2) is 48.1 Å². The number of hydrogen-bond acceptors (Lipinski definition) is 5. The summed E-state index contributed by atoms with van der Waals surface area (Å²) in [6.07, 6.45) is 0.601. The van der Waals surface area contributed by atoms with Gasteiger partial charge in [0.25, 0.3) is 0 Å². The van der Waals surface area contributed by atoms with Gasteiger partial charge in [0.15, 0.2) is 0 Å². The molecule has 1 aromatic carbocycles. The summed E-state index contributed by atoms with van der Waals surface area (Å²) in [4.78, 5) is 34.6. The van der Waals surface area contributed by atoms with Crippen molar-refractivity contribution in [2.75, 3.05) is 13.2 Å². The van der Waals surface area contributed by atoms with Crippen LogP contribution in [0.4, 0.5) is 9.59 Å². The van der Waals surface area contributed by atoms with Gasteiger partial charge in [-0.05, 0) is 45.6 Å². The van der Waals surface area contributed by atoms with Crippen LogP contribution in [0, 0.1) is 0 Å². The molecule has 0 fully saturated rings. The van der Waals surface area contributed by atoms with Crippen molar-refractivity contribution < 1.29 is 29.0 Å². The van der Waals surface area contributed by atoms with Crippen molar-refractivity contribution in [3.05, 3.63) is 35.9 Å². The summed E-state index contributed by atoms with van der Waals surface area (Å²) in [5.41, 5.74) is 0.464. The second-order valence-corrected chi connectivity index (χ2v) is 7.33. The first kappa shape index (κ1) is 23.3. The highest BCUT2D eigenvalue weighted by molar-refractivity contribution is 5.79. The van der Waals surface area contributed by atoms with Gasteiger partial charge in [-0.25, -0.2) is 14.4 Å². The second-order valence-electron chi connectivity index (χ2n) is 7.33. The Balaban J connectivity index is 2.22. The Kier molecular flexibility index (Phi) is 9.84. The van der Waals surface area contributed by atoms with Gasteiger partial charge < -0.3 is 25.2 Å². The Morgan fingerprint density at radius 2 is 1.75 bits per heavy atom. The molecule has 0 aliphatic rings. The number of rotatable bonds is 10. The van der Waals surface area contributed by atoms with E-state index >= 15 is 0 Å². The molecule has 28 heavy (non-hydrogen) atoms. The normalized spacial score (nSPS) is 12.0. The third-order valence-corrected chi connectivity index (χ3v) is 3.64. The lowest BCUT2D eigenvalue weighted by Gasteiger charge is -2.19. The number of alkyl carbamates (subject to hydrolysis) is 2. The largest absolute Gasteiger partial charge is 0.480 e. The van der Waals surface area contributed by atoms with Crippen LogP contribution in [0.15, 0.2) is 30.3 Å². The number of ether oxygens (including phenoxy) is 2. The maximum absolute atomic E-state index is 11.8. The molecule has 3 N–H and O–H groups in total. The summed E-state index contributed by atoms with van der Waals surface area (Å²) in [5, 5.41) is 14.2. The molecule has 1 atom stereocenters. The van der Waals surface area contributed by atoms with Crippen LogP contribution in [0.1, 0.15) is 45.6 Å². The van der Waals surface area contributed by atoms with E-state index in [0.717, 1.165) is 5.56 Å². The van der Waals surface area contributed by atoms with E-state index in [2.05, 4.69) is 10.6 Å². The molecule has 1 rings (SSSR count). The molecule has 8 heteroatoms. The Hall–Kier alpha value is -2.77. The highest BCUT2D eigenvalue weighted by atomic mass is 16.6. The number of carbonyl (C=O) groups is 3. The van der Waals surface area contributed by atoms with Crippen molar-refractivity contribution in [1.29, 1.82) is 0 Å². The van der Waals surface area contributed by atoms with Crippen molar-refractivity contribution in [2.45, 2.75) is 58.1 Å². The standard InChI is InChI=1S/C20H30N2O6/c1-20(2,3)28-18(25)21-13-8-7-11-16(17(23)24)22-19(26)27-14-12-15-9-5-4-6-10-15/h4-6,9-10,16H,7-8,11-14H2,1-3H3,(H,21,25)(H,22,26)(H,23,24)/t16-/m0/s1. The average Bonchev–Trinajstić information content (AvgIpc) is 2.59. The molecule has 156 valence electrons. The first-order valence-electron chi connectivity index (χ1n) is 9.34. The summed E-state index contributed by atoms with van der Waals surface area (Å²) < 4.78 is 10.2. The summed E-state index contributed by atoms with van der Waals surface area (Å²) in [6, 6.07) is 8.50. The van der Waals surface area contributed by atoms with Crippen molar-refractivity contribution in [3.8, 4) is 0 Å². The summed E-state index contributed by atoms with van der Waals surface area (Å²) in [7, 11) is 0. The molecular weight excluding hydrogens is 364 g/mol. The minimum absolute atomic E-state index is 0.169. The van der Waals surface area contributed by atoms with E-state index in [4.69, 9.17) is 9.47 Å². The van der Waals surface area contributed by atoms with E-state index in [9.17, 15) is 19.5 Å². The number of aliphatic carboxylic acids is 1. The first-order valence-corrected chi connectivity index (χ1v) is 9.34. The lowest BCUT2D eigenvalue weighted by Crippen LogP contribution is -2.41. The molecule has 0 radical (unpaired) electrons. The predicted octanol–water partition coefficient (Wildman–Crippen LogP) is 3.10. The van der Waals surface area contributed by atoms with E-state index in [-0.39, 0.29) is 13.0 Å². The molecule has 0 saturated heterocycles. The Morgan fingerprint density at radius 3 is 2.36 bits per heavy atom. The van der Waals surface area contributed by atoms with Crippen molar-refractivity contribution in [3.63, 3.8) is 0 Å².